The molecule has 0 aromatic carbocycles. The fraction of sp³-hybridized carbons (Fsp3) is 0.800. The van der Waals surface area contributed by atoms with Crippen molar-refractivity contribution < 1.29 is 19.4 Å². The summed E-state index contributed by atoms with van der Waals surface area (Å²) in [5, 5.41) is 16.0. The summed E-state index contributed by atoms with van der Waals surface area (Å²) in [6.07, 6.45) is 0.960. The molecule has 23 heavy (non-hydrogen) atoms. The number of carbonyl (C=O) groups is 2. The third-order valence-corrected chi connectivity index (χ3v) is 4.79. The Morgan fingerprint density at radius 3 is 2.52 bits per heavy atom. The quantitative estimate of drug-likeness (QED) is 0.515. The Balaban J connectivity index is 2.65. The molecule has 1 heterocycles. The van der Waals surface area contributed by atoms with Gasteiger partial charge in [0.15, 0.2) is 5.11 Å². The first-order chi connectivity index (χ1) is 10.6. The van der Waals surface area contributed by atoms with Crippen molar-refractivity contribution in [3.63, 3.8) is 0 Å². The maximum absolute atomic E-state index is 11.6. The van der Waals surface area contributed by atoms with E-state index in [2.05, 4.69) is 15.4 Å². The number of rotatable bonds is 5. The third kappa shape index (κ3) is 4.70. The van der Waals surface area contributed by atoms with Gasteiger partial charge in [-0.2, -0.15) is 0 Å². The van der Waals surface area contributed by atoms with Crippen LogP contribution in [0.1, 0.15) is 40.0 Å². The van der Waals surface area contributed by atoms with Gasteiger partial charge in [0.05, 0.1) is 19.1 Å². The van der Waals surface area contributed by atoms with E-state index in [1.807, 2.05) is 20.8 Å². The molecule has 1 aliphatic rings. The second kappa shape index (κ2) is 7.81. The van der Waals surface area contributed by atoms with Gasteiger partial charge in [-0.1, -0.05) is 20.8 Å². The van der Waals surface area contributed by atoms with Gasteiger partial charge < -0.3 is 25.4 Å². The highest BCUT2D eigenvalue weighted by Crippen LogP contribution is 2.43. The number of methoxy groups -OCH3 is 1. The fourth-order valence-electron chi connectivity index (χ4n) is 3.06. The van der Waals surface area contributed by atoms with Gasteiger partial charge in [0.1, 0.15) is 0 Å². The summed E-state index contributed by atoms with van der Waals surface area (Å²) in [6.45, 7) is 7.49. The summed E-state index contributed by atoms with van der Waals surface area (Å²) in [7, 11) is 1.34. The summed E-state index contributed by atoms with van der Waals surface area (Å²) in [4.78, 5) is 24.2. The van der Waals surface area contributed by atoms with E-state index < -0.39 is 11.6 Å². The first-order valence-corrected chi connectivity index (χ1v) is 8.14. The number of carboxylic acid groups (broad SMARTS) is 1. The van der Waals surface area contributed by atoms with Crippen LogP contribution < -0.4 is 10.6 Å². The third-order valence-electron chi connectivity index (χ3n) is 4.50. The highest BCUT2D eigenvalue weighted by Gasteiger charge is 2.51. The second-order valence-corrected chi connectivity index (χ2v) is 7.16. The zero-order valence-electron chi connectivity index (χ0n) is 14.3. The standard InChI is InChI=1S/C15H27N3O4S/c1-14(2,3)15(7-5-9-18(15)13(20)21)10-17-12(23)16-8-6-11(19)22-4/h5-10H2,1-4H3,(H,20,21)(H2,16,17,23). The molecule has 0 bridgehead atoms. The van der Waals surface area contributed by atoms with Crippen LogP contribution in [-0.2, 0) is 9.53 Å². The average Bonchev–Trinajstić information content (AvgIpc) is 2.90. The van der Waals surface area contributed by atoms with Crippen molar-refractivity contribution in [3.05, 3.63) is 0 Å². The summed E-state index contributed by atoms with van der Waals surface area (Å²) in [5.74, 6) is -0.306. The number of carbonyl (C=O) groups excluding carboxylic acids is 1. The number of hydrogen-bond acceptors (Lipinski definition) is 4. The maximum Gasteiger partial charge on any atom is 0.407 e. The molecule has 0 aromatic rings. The zero-order chi connectivity index (χ0) is 17.7. The molecule has 3 N–H and O–H groups in total. The van der Waals surface area contributed by atoms with Crippen molar-refractivity contribution in [2.45, 2.75) is 45.6 Å². The molecule has 0 spiro atoms. The van der Waals surface area contributed by atoms with E-state index in [0.717, 1.165) is 12.8 Å². The number of nitrogens with one attached hydrogen (secondary N) is 2. The van der Waals surface area contributed by atoms with E-state index in [1.165, 1.54) is 12.0 Å². The molecule has 0 aliphatic carbocycles. The number of amides is 1. The van der Waals surface area contributed by atoms with Crippen LogP contribution in [0.3, 0.4) is 0 Å². The van der Waals surface area contributed by atoms with E-state index in [-0.39, 0.29) is 17.8 Å². The Hall–Kier alpha value is -1.57. The molecule has 1 aliphatic heterocycles. The lowest BCUT2D eigenvalue weighted by Gasteiger charge is -2.47. The van der Waals surface area contributed by atoms with Gasteiger partial charge in [-0.25, -0.2) is 4.79 Å². The molecule has 0 saturated carbocycles. The van der Waals surface area contributed by atoms with Gasteiger partial charge in [0.25, 0.3) is 0 Å². The number of hydrogen-bond donors (Lipinski definition) is 3. The van der Waals surface area contributed by atoms with Crippen LogP contribution in [0.5, 0.6) is 0 Å². The monoisotopic (exact) mass is 345 g/mol. The molecule has 0 radical (unpaired) electrons. The number of likely N-dealkylation sites (tertiary alicyclic amines) is 1. The van der Waals surface area contributed by atoms with Gasteiger partial charge in [-0.15, -0.1) is 0 Å². The summed E-state index contributed by atoms with van der Waals surface area (Å²) in [6, 6.07) is 0. The summed E-state index contributed by atoms with van der Waals surface area (Å²) < 4.78 is 4.56. The van der Waals surface area contributed by atoms with Gasteiger partial charge >= 0.3 is 12.1 Å². The molecule has 1 atom stereocenters. The Labute approximate surface area is 142 Å². The average molecular weight is 345 g/mol. The zero-order valence-corrected chi connectivity index (χ0v) is 15.1. The minimum Gasteiger partial charge on any atom is -0.469 e. The number of ether oxygens (including phenoxy) is 1. The maximum atomic E-state index is 11.6. The number of nitrogens with zero attached hydrogens (tertiary/aromatic N) is 1. The number of thiocarbonyl (C=S) groups is 1. The molecule has 1 rings (SSSR count). The first-order valence-electron chi connectivity index (χ1n) is 7.73. The van der Waals surface area contributed by atoms with Crippen LogP contribution in [-0.4, -0.2) is 59.5 Å². The fourth-order valence-corrected chi connectivity index (χ4v) is 3.23. The van der Waals surface area contributed by atoms with Crippen molar-refractivity contribution in [2.75, 3.05) is 26.7 Å². The van der Waals surface area contributed by atoms with Crippen LogP contribution in [0, 0.1) is 5.41 Å². The minimum absolute atomic E-state index is 0.226. The normalized spacial score (nSPS) is 21.0. The van der Waals surface area contributed by atoms with Gasteiger partial charge in [0, 0.05) is 19.6 Å². The molecule has 7 nitrogen and oxygen atoms in total. The van der Waals surface area contributed by atoms with Crippen molar-refractivity contribution in [2.24, 2.45) is 5.41 Å². The van der Waals surface area contributed by atoms with Crippen molar-refractivity contribution in [3.8, 4) is 0 Å². The van der Waals surface area contributed by atoms with E-state index in [1.54, 1.807) is 0 Å². The Bertz CT molecular complexity index is 464. The molecule has 1 amide bonds. The molecule has 1 saturated heterocycles. The van der Waals surface area contributed by atoms with E-state index in [4.69, 9.17) is 12.2 Å². The van der Waals surface area contributed by atoms with Gasteiger partial charge in [-0.05, 0) is 30.5 Å². The van der Waals surface area contributed by atoms with Crippen LogP contribution in [0.2, 0.25) is 0 Å². The van der Waals surface area contributed by atoms with E-state index in [9.17, 15) is 14.7 Å². The van der Waals surface area contributed by atoms with Crippen LogP contribution in [0.15, 0.2) is 0 Å². The molecule has 1 unspecified atom stereocenters. The van der Waals surface area contributed by atoms with Crippen LogP contribution in [0.4, 0.5) is 4.79 Å². The molecule has 0 aromatic heterocycles. The smallest absolute Gasteiger partial charge is 0.407 e. The highest BCUT2D eigenvalue weighted by molar-refractivity contribution is 7.80. The minimum atomic E-state index is -0.899. The van der Waals surface area contributed by atoms with Crippen LogP contribution >= 0.6 is 12.2 Å². The summed E-state index contributed by atoms with van der Waals surface area (Å²) >= 11 is 5.21. The van der Waals surface area contributed by atoms with Gasteiger partial charge in [0.2, 0.25) is 0 Å². The van der Waals surface area contributed by atoms with E-state index >= 15 is 0 Å². The van der Waals surface area contributed by atoms with Crippen molar-refractivity contribution in [1.29, 1.82) is 0 Å². The molecule has 132 valence electrons. The molecule has 1 fully saturated rings. The SMILES string of the molecule is COC(=O)CCNC(=S)NCC1(C(C)(C)C)CCCN1C(=O)O. The largest absolute Gasteiger partial charge is 0.469 e. The van der Waals surface area contributed by atoms with Gasteiger partial charge in [-0.3, -0.25) is 4.79 Å². The predicted molar refractivity (Wildman–Crippen MR) is 91.4 cm³/mol. The van der Waals surface area contributed by atoms with E-state index in [0.29, 0.717) is 24.7 Å². The summed E-state index contributed by atoms with van der Waals surface area (Å²) in [5.41, 5.74) is -0.733. The highest BCUT2D eigenvalue weighted by atomic mass is 32.1. The molecular weight excluding hydrogens is 318 g/mol. The predicted octanol–water partition coefficient (Wildman–Crippen LogP) is 1.57. The van der Waals surface area contributed by atoms with Crippen molar-refractivity contribution >= 4 is 29.4 Å². The van der Waals surface area contributed by atoms with Crippen molar-refractivity contribution in [1.82, 2.24) is 15.5 Å². The lowest BCUT2D eigenvalue weighted by atomic mass is 9.71. The molecule has 8 heteroatoms. The topological polar surface area (TPSA) is 90.9 Å². The van der Waals surface area contributed by atoms with Crippen LogP contribution in [0.25, 0.3) is 0 Å². The molecular formula is C15H27N3O4S. The number of esters is 1. The Morgan fingerprint density at radius 2 is 2.00 bits per heavy atom. The lowest BCUT2D eigenvalue weighted by Crippen LogP contribution is -2.61. The Morgan fingerprint density at radius 1 is 1.35 bits per heavy atom. The first kappa shape index (κ1) is 19.5. The lowest BCUT2D eigenvalue weighted by molar-refractivity contribution is -0.140. The second-order valence-electron chi connectivity index (χ2n) is 6.75. The Kier molecular flexibility index (Phi) is 6.61.